The summed E-state index contributed by atoms with van der Waals surface area (Å²) in [6.07, 6.45) is 1.57. The lowest BCUT2D eigenvalue weighted by Crippen LogP contribution is -2.43. The summed E-state index contributed by atoms with van der Waals surface area (Å²) in [6.45, 7) is 8.45. The summed E-state index contributed by atoms with van der Waals surface area (Å²) in [6, 6.07) is 0. The molecule has 1 saturated heterocycles. The van der Waals surface area contributed by atoms with E-state index < -0.39 is 0 Å². The summed E-state index contributed by atoms with van der Waals surface area (Å²) in [5.74, 6) is 0. The molecular weight excluding hydrogens is 193 g/mol. The largest absolute Gasteiger partial charge is 0.384 e. The van der Waals surface area contributed by atoms with Crippen LogP contribution in [0.4, 0.5) is 4.39 Å². The van der Waals surface area contributed by atoms with Gasteiger partial charge < -0.3 is 9.64 Å². The van der Waals surface area contributed by atoms with Crippen LogP contribution >= 0.6 is 0 Å². The molecule has 0 N–H and O–H groups in total. The lowest BCUT2D eigenvalue weighted by atomic mass is 9.78. The van der Waals surface area contributed by atoms with Gasteiger partial charge in [0.2, 0.25) is 0 Å². The van der Waals surface area contributed by atoms with Gasteiger partial charge in [0.25, 0.3) is 0 Å². The number of halogens is 1. The van der Waals surface area contributed by atoms with Crippen LogP contribution in [0.1, 0.15) is 27.2 Å². The predicted molar refractivity (Wildman–Crippen MR) is 62.6 cm³/mol. The molecule has 1 atom stereocenters. The molecular formula is C12H24FNO. The first-order valence-corrected chi connectivity index (χ1v) is 5.59. The fraction of sp³-hybridized carbons (Fsp3) is 0.833. The second kappa shape index (κ2) is 6.96. The van der Waals surface area contributed by atoms with Gasteiger partial charge in [-0.3, -0.25) is 0 Å². The highest BCUT2D eigenvalue weighted by Crippen LogP contribution is 2.34. The molecule has 0 aromatic carbocycles. The van der Waals surface area contributed by atoms with Gasteiger partial charge in [-0.15, -0.1) is 0 Å². The second-order valence-corrected chi connectivity index (χ2v) is 4.12. The number of piperidine rings is 1. The van der Waals surface area contributed by atoms with Crippen molar-refractivity contribution in [1.82, 2.24) is 4.90 Å². The van der Waals surface area contributed by atoms with Gasteiger partial charge in [-0.1, -0.05) is 20.8 Å². The molecule has 90 valence electrons. The van der Waals surface area contributed by atoms with Crippen LogP contribution in [0.3, 0.4) is 0 Å². The minimum Gasteiger partial charge on any atom is -0.384 e. The number of hydrogen-bond donors (Lipinski definition) is 0. The van der Waals surface area contributed by atoms with Crippen LogP contribution in [0.2, 0.25) is 0 Å². The van der Waals surface area contributed by atoms with Crippen LogP contribution in [0, 0.1) is 5.41 Å². The molecule has 1 aliphatic rings. The highest BCUT2D eigenvalue weighted by molar-refractivity contribution is 5.15. The smallest absolute Gasteiger partial charge is 0.0866 e. The normalized spacial score (nSPS) is 29.9. The quantitative estimate of drug-likeness (QED) is 0.705. The number of hydrogen-bond acceptors (Lipinski definition) is 2. The van der Waals surface area contributed by atoms with Crippen molar-refractivity contribution in [2.45, 2.75) is 27.2 Å². The highest BCUT2D eigenvalue weighted by Gasteiger charge is 2.34. The Morgan fingerprint density at radius 2 is 2.13 bits per heavy atom. The van der Waals surface area contributed by atoms with E-state index in [1.54, 1.807) is 7.11 Å². The first-order valence-electron chi connectivity index (χ1n) is 5.59. The van der Waals surface area contributed by atoms with E-state index >= 15 is 0 Å². The third-order valence-corrected chi connectivity index (χ3v) is 2.75. The molecule has 0 radical (unpaired) electrons. The summed E-state index contributed by atoms with van der Waals surface area (Å²) in [4.78, 5) is 2.21. The molecule has 0 amide bonds. The summed E-state index contributed by atoms with van der Waals surface area (Å²) in [5, 5.41) is 0. The SMILES string of the molecule is CC.COCC1(C)CN(C)CC/C1=C\F. The van der Waals surface area contributed by atoms with E-state index in [0.29, 0.717) is 6.61 Å². The lowest BCUT2D eigenvalue weighted by molar-refractivity contribution is 0.0696. The zero-order valence-corrected chi connectivity index (χ0v) is 10.6. The van der Waals surface area contributed by atoms with Crippen LogP contribution in [0.15, 0.2) is 11.9 Å². The van der Waals surface area contributed by atoms with Crippen LogP contribution in [0.25, 0.3) is 0 Å². The minimum atomic E-state index is -0.142. The van der Waals surface area contributed by atoms with Gasteiger partial charge in [0, 0.05) is 25.6 Å². The van der Waals surface area contributed by atoms with Gasteiger partial charge >= 0.3 is 0 Å². The van der Waals surface area contributed by atoms with Crippen molar-refractivity contribution in [1.29, 1.82) is 0 Å². The van der Waals surface area contributed by atoms with Gasteiger partial charge in [-0.25, -0.2) is 4.39 Å². The van der Waals surface area contributed by atoms with E-state index in [1.165, 1.54) is 0 Å². The molecule has 0 saturated carbocycles. The van der Waals surface area contributed by atoms with E-state index in [4.69, 9.17) is 4.74 Å². The Hall–Kier alpha value is -0.410. The van der Waals surface area contributed by atoms with E-state index in [2.05, 4.69) is 18.9 Å². The summed E-state index contributed by atoms with van der Waals surface area (Å²) < 4.78 is 17.7. The van der Waals surface area contributed by atoms with E-state index in [9.17, 15) is 4.39 Å². The average molecular weight is 217 g/mol. The number of likely N-dealkylation sites (tertiary alicyclic amines) is 1. The third kappa shape index (κ3) is 3.92. The third-order valence-electron chi connectivity index (χ3n) is 2.75. The molecule has 0 spiro atoms. The van der Waals surface area contributed by atoms with E-state index in [1.807, 2.05) is 13.8 Å². The lowest BCUT2D eigenvalue weighted by Gasteiger charge is -2.40. The maximum Gasteiger partial charge on any atom is 0.0866 e. The topological polar surface area (TPSA) is 12.5 Å². The Labute approximate surface area is 93.1 Å². The Bertz CT molecular complexity index is 206. The zero-order chi connectivity index (χ0) is 11.9. The number of nitrogens with zero attached hydrogens (tertiary/aromatic N) is 1. The number of rotatable bonds is 2. The van der Waals surface area contributed by atoms with Crippen molar-refractivity contribution >= 4 is 0 Å². The zero-order valence-electron chi connectivity index (χ0n) is 10.6. The van der Waals surface area contributed by atoms with E-state index in [0.717, 1.165) is 31.4 Å². The number of methoxy groups -OCH3 is 1. The molecule has 0 aromatic rings. The molecule has 1 rings (SSSR count). The van der Waals surface area contributed by atoms with Crippen LogP contribution in [-0.4, -0.2) is 38.8 Å². The predicted octanol–water partition coefficient (Wildman–Crippen LogP) is 2.85. The maximum absolute atomic E-state index is 12.6. The molecule has 1 aliphatic heterocycles. The van der Waals surface area contributed by atoms with Gasteiger partial charge in [0.1, 0.15) is 0 Å². The Morgan fingerprint density at radius 1 is 1.53 bits per heavy atom. The van der Waals surface area contributed by atoms with Crippen molar-refractivity contribution in [2.75, 3.05) is 33.9 Å². The van der Waals surface area contributed by atoms with Crippen LogP contribution < -0.4 is 0 Å². The Kier molecular flexibility index (Phi) is 6.77. The van der Waals surface area contributed by atoms with Crippen LogP contribution in [0.5, 0.6) is 0 Å². The standard InChI is InChI=1S/C10H18FNO.C2H6/c1-10(8-13-3)7-12(2)5-4-9(10)6-11;1-2/h6H,4-5,7-8H2,1-3H3;1-2H3/b9-6+;. The second-order valence-electron chi connectivity index (χ2n) is 4.12. The number of ether oxygens (including phenoxy) is 1. The Balaban J connectivity index is 0.000000921. The first kappa shape index (κ1) is 14.6. The fourth-order valence-corrected chi connectivity index (χ4v) is 2.03. The highest BCUT2D eigenvalue weighted by atomic mass is 19.1. The summed E-state index contributed by atoms with van der Waals surface area (Å²) >= 11 is 0. The molecule has 0 bridgehead atoms. The van der Waals surface area contributed by atoms with Crippen molar-refractivity contribution in [3.63, 3.8) is 0 Å². The monoisotopic (exact) mass is 217 g/mol. The molecule has 1 unspecified atom stereocenters. The first-order chi connectivity index (χ1) is 7.12. The maximum atomic E-state index is 12.6. The van der Waals surface area contributed by atoms with Crippen molar-refractivity contribution in [3.05, 3.63) is 11.9 Å². The van der Waals surface area contributed by atoms with E-state index in [-0.39, 0.29) is 5.41 Å². The average Bonchev–Trinajstić information content (AvgIpc) is 2.21. The molecule has 3 heteroatoms. The molecule has 0 aromatic heterocycles. The molecule has 0 aliphatic carbocycles. The minimum absolute atomic E-state index is 0.142. The van der Waals surface area contributed by atoms with Crippen molar-refractivity contribution < 1.29 is 9.13 Å². The van der Waals surface area contributed by atoms with Gasteiger partial charge in [0.05, 0.1) is 12.9 Å². The van der Waals surface area contributed by atoms with Gasteiger partial charge in [-0.2, -0.15) is 0 Å². The molecule has 1 fully saturated rings. The van der Waals surface area contributed by atoms with Crippen molar-refractivity contribution in [3.8, 4) is 0 Å². The fourth-order valence-electron chi connectivity index (χ4n) is 2.03. The molecule has 2 nitrogen and oxygen atoms in total. The van der Waals surface area contributed by atoms with Gasteiger partial charge in [0.15, 0.2) is 0 Å². The summed E-state index contributed by atoms with van der Waals surface area (Å²) in [7, 11) is 3.72. The Morgan fingerprint density at radius 3 is 2.60 bits per heavy atom. The van der Waals surface area contributed by atoms with Gasteiger partial charge in [-0.05, 0) is 19.0 Å². The van der Waals surface area contributed by atoms with Crippen molar-refractivity contribution in [2.24, 2.45) is 5.41 Å². The van der Waals surface area contributed by atoms with Crippen LogP contribution in [-0.2, 0) is 4.74 Å². The molecule has 15 heavy (non-hydrogen) atoms. The summed E-state index contributed by atoms with van der Waals surface area (Å²) in [5.41, 5.74) is 0.740. The molecule has 1 heterocycles.